The summed E-state index contributed by atoms with van der Waals surface area (Å²) in [4.78, 5) is 34.3. The van der Waals surface area contributed by atoms with E-state index < -0.39 is 23.5 Å². The first-order chi connectivity index (χ1) is 17.0. The lowest BCUT2D eigenvalue weighted by Gasteiger charge is -2.30. The normalized spacial score (nSPS) is 13.5. The number of rotatable bonds is 6. The van der Waals surface area contributed by atoms with Crippen molar-refractivity contribution in [2.24, 2.45) is 5.92 Å². The maximum atomic E-state index is 13.0. The SMILES string of the molecule is CC(C)C(c1ncccn1)N(C)c1nc2c(c(C#N)nn2C(C)c2ccc(C(F)(F)F)nc2)c(=O)[nH]1. The number of anilines is 1. The molecule has 0 spiro atoms. The fourth-order valence-corrected chi connectivity index (χ4v) is 4.02. The van der Waals surface area contributed by atoms with E-state index in [0.717, 1.165) is 12.3 Å². The van der Waals surface area contributed by atoms with Gasteiger partial charge in [0.1, 0.15) is 17.1 Å². The maximum Gasteiger partial charge on any atom is 0.433 e. The molecule has 4 heterocycles. The first kappa shape index (κ1) is 24.8. The van der Waals surface area contributed by atoms with Crippen molar-refractivity contribution in [1.82, 2.24) is 34.7 Å². The summed E-state index contributed by atoms with van der Waals surface area (Å²) in [5.74, 6) is 0.769. The summed E-state index contributed by atoms with van der Waals surface area (Å²) in [7, 11) is 1.74. The van der Waals surface area contributed by atoms with Crippen LogP contribution in [0, 0.1) is 17.2 Å². The Kier molecular flexibility index (Phi) is 6.45. The third kappa shape index (κ3) is 4.49. The average molecular weight is 497 g/mol. The Morgan fingerprint density at radius 3 is 2.39 bits per heavy atom. The number of aromatic nitrogens is 7. The van der Waals surface area contributed by atoms with Gasteiger partial charge in [-0.1, -0.05) is 19.9 Å². The molecule has 10 nitrogen and oxygen atoms in total. The topological polar surface area (TPSA) is 129 Å². The fourth-order valence-electron chi connectivity index (χ4n) is 4.02. The van der Waals surface area contributed by atoms with Crippen molar-refractivity contribution < 1.29 is 13.2 Å². The average Bonchev–Trinajstić information content (AvgIpc) is 3.23. The summed E-state index contributed by atoms with van der Waals surface area (Å²) < 4.78 is 40.1. The van der Waals surface area contributed by atoms with Crippen molar-refractivity contribution in [1.29, 1.82) is 5.26 Å². The summed E-state index contributed by atoms with van der Waals surface area (Å²) >= 11 is 0. The van der Waals surface area contributed by atoms with Crippen LogP contribution in [-0.4, -0.2) is 41.7 Å². The van der Waals surface area contributed by atoms with Gasteiger partial charge in [-0.3, -0.25) is 14.8 Å². The smallest absolute Gasteiger partial charge is 0.335 e. The van der Waals surface area contributed by atoms with Crippen LogP contribution in [0.5, 0.6) is 0 Å². The van der Waals surface area contributed by atoms with Gasteiger partial charge in [0.25, 0.3) is 5.56 Å². The third-order valence-corrected chi connectivity index (χ3v) is 5.81. The van der Waals surface area contributed by atoms with Crippen LogP contribution in [-0.2, 0) is 6.18 Å². The number of H-pyrrole nitrogens is 1. The Labute approximate surface area is 203 Å². The van der Waals surface area contributed by atoms with Crippen molar-refractivity contribution in [3.05, 3.63) is 69.9 Å². The van der Waals surface area contributed by atoms with Crippen LogP contribution in [0.1, 0.15) is 55.6 Å². The summed E-state index contributed by atoms with van der Waals surface area (Å²) in [5.41, 5.74) is -1.24. The molecule has 0 aliphatic rings. The second-order valence-corrected chi connectivity index (χ2v) is 8.55. The number of alkyl halides is 3. The largest absolute Gasteiger partial charge is 0.433 e. The first-order valence-electron chi connectivity index (χ1n) is 11.0. The molecule has 36 heavy (non-hydrogen) atoms. The van der Waals surface area contributed by atoms with Crippen LogP contribution in [0.15, 0.2) is 41.6 Å². The van der Waals surface area contributed by atoms with Gasteiger partial charge in [-0.2, -0.15) is 28.5 Å². The van der Waals surface area contributed by atoms with Gasteiger partial charge in [-0.15, -0.1) is 0 Å². The molecule has 0 aliphatic heterocycles. The zero-order valence-electron chi connectivity index (χ0n) is 19.8. The van der Waals surface area contributed by atoms with Crippen molar-refractivity contribution in [2.75, 3.05) is 11.9 Å². The highest BCUT2D eigenvalue weighted by atomic mass is 19.4. The van der Waals surface area contributed by atoms with Crippen molar-refractivity contribution in [3.63, 3.8) is 0 Å². The number of fused-ring (bicyclic) bond motifs is 1. The van der Waals surface area contributed by atoms with Gasteiger partial charge in [0, 0.05) is 25.6 Å². The predicted octanol–water partition coefficient (Wildman–Crippen LogP) is 3.64. The molecule has 2 atom stereocenters. The van der Waals surface area contributed by atoms with Gasteiger partial charge in [-0.05, 0) is 30.5 Å². The molecule has 0 aromatic carbocycles. The van der Waals surface area contributed by atoms with E-state index >= 15 is 0 Å². The second kappa shape index (κ2) is 9.37. The first-order valence-corrected chi connectivity index (χ1v) is 11.0. The highest BCUT2D eigenvalue weighted by molar-refractivity contribution is 5.81. The molecular formula is C23H22F3N9O. The lowest BCUT2D eigenvalue weighted by atomic mass is 10.0. The van der Waals surface area contributed by atoms with E-state index in [1.165, 1.54) is 10.7 Å². The summed E-state index contributed by atoms with van der Waals surface area (Å²) in [5, 5.41) is 13.8. The molecule has 0 saturated heterocycles. The molecule has 0 radical (unpaired) electrons. The quantitative estimate of drug-likeness (QED) is 0.428. The zero-order chi connectivity index (χ0) is 26.2. The van der Waals surface area contributed by atoms with Crippen LogP contribution in [0.25, 0.3) is 11.0 Å². The lowest BCUT2D eigenvalue weighted by Crippen LogP contribution is -2.32. The Hall–Kier alpha value is -4.34. The summed E-state index contributed by atoms with van der Waals surface area (Å²) in [6, 6.07) is 4.73. The number of nitrogens with one attached hydrogen (secondary N) is 1. The number of hydrogen-bond acceptors (Lipinski definition) is 8. The standard InChI is InChI=1S/C23H22F3N9O/c1-12(2)18(19-28-8-5-9-29-19)34(4)22-31-20-17(21(36)32-22)15(10-27)33-35(20)13(3)14-6-7-16(30-11-14)23(24,25)26/h5-9,11-13,18H,1-4H3,(H,31,32,36). The molecule has 13 heteroatoms. The third-order valence-electron chi connectivity index (χ3n) is 5.81. The van der Waals surface area contributed by atoms with E-state index in [1.807, 2.05) is 19.9 Å². The number of hydrogen-bond donors (Lipinski definition) is 1. The molecule has 0 amide bonds. The van der Waals surface area contributed by atoms with Gasteiger partial charge in [-0.25, -0.2) is 14.6 Å². The zero-order valence-corrected chi connectivity index (χ0v) is 19.8. The van der Waals surface area contributed by atoms with Gasteiger partial charge >= 0.3 is 6.18 Å². The Morgan fingerprint density at radius 1 is 1.14 bits per heavy atom. The fraction of sp³-hybridized carbons (Fsp3) is 0.348. The molecule has 2 unspecified atom stereocenters. The molecule has 186 valence electrons. The summed E-state index contributed by atoms with van der Waals surface area (Å²) in [6.45, 7) is 5.62. The maximum absolute atomic E-state index is 13.0. The molecule has 0 fully saturated rings. The minimum Gasteiger partial charge on any atom is -0.335 e. The molecular weight excluding hydrogens is 475 g/mol. The Balaban J connectivity index is 1.82. The van der Waals surface area contributed by atoms with E-state index in [4.69, 9.17) is 0 Å². The second-order valence-electron chi connectivity index (χ2n) is 8.55. The molecule has 0 aliphatic carbocycles. The van der Waals surface area contributed by atoms with E-state index in [2.05, 4.69) is 30.0 Å². The summed E-state index contributed by atoms with van der Waals surface area (Å²) in [6.07, 6.45) is -0.232. The van der Waals surface area contributed by atoms with Gasteiger partial charge in [0.15, 0.2) is 17.2 Å². The van der Waals surface area contributed by atoms with Crippen LogP contribution in [0.4, 0.5) is 19.1 Å². The molecule has 4 aromatic rings. The predicted molar refractivity (Wildman–Crippen MR) is 124 cm³/mol. The highest BCUT2D eigenvalue weighted by Crippen LogP contribution is 2.31. The van der Waals surface area contributed by atoms with Crippen molar-refractivity contribution in [2.45, 2.75) is 39.0 Å². The number of nitriles is 1. The number of nitrogens with zero attached hydrogens (tertiary/aromatic N) is 8. The van der Waals surface area contributed by atoms with E-state index in [9.17, 15) is 23.2 Å². The molecule has 0 bridgehead atoms. The van der Waals surface area contributed by atoms with Gasteiger partial charge in [0.2, 0.25) is 5.95 Å². The van der Waals surface area contributed by atoms with Crippen molar-refractivity contribution >= 4 is 17.0 Å². The Morgan fingerprint density at radius 2 is 1.83 bits per heavy atom. The minimum absolute atomic E-state index is 0.0153. The van der Waals surface area contributed by atoms with Gasteiger partial charge < -0.3 is 4.90 Å². The lowest BCUT2D eigenvalue weighted by molar-refractivity contribution is -0.141. The molecule has 1 N–H and O–H groups in total. The molecule has 0 saturated carbocycles. The van der Waals surface area contributed by atoms with E-state index in [1.54, 1.807) is 37.3 Å². The van der Waals surface area contributed by atoms with Crippen LogP contribution in [0.2, 0.25) is 0 Å². The van der Waals surface area contributed by atoms with E-state index in [-0.39, 0.29) is 34.6 Å². The van der Waals surface area contributed by atoms with Crippen LogP contribution < -0.4 is 10.5 Å². The van der Waals surface area contributed by atoms with E-state index in [0.29, 0.717) is 11.4 Å². The van der Waals surface area contributed by atoms with Crippen LogP contribution in [0.3, 0.4) is 0 Å². The monoisotopic (exact) mass is 497 g/mol. The van der Waals surface area contributed by atoms with Gasteiger partial charge in [0.05, 0.1) is 12.1 Å². The van der Waals surface area contributed by atoms with Crippen LogP contribution >= 0.6 is 0 Å². The number of aromatic amines is 1. The molecule has 4 rings (SSSR count). The number of pyridine rings is 1. The Bertz CT molecular complexity index is 1470. The highest BCUT2D eigenvalue weighted by Gasteiger charge is 2.32. The minimum atomic E-state index is -4.57. The van der Waals surface area contributed by atoms with Crippen molar-refractivity contribution in [3.8, 4) is 6.07 Å². The number of halogens is 3. The molecule has 4 aromatic heterocycles.